The summed E-state index contributed by atoms with van der Waals surface area (Å²) < 4.78 is 17.8. The molecule has 0 aliphatic carbocycles. The third kappa shape index (κ3) is 7.12. The Morgan fingerprint density at radius 3 is 1.09 bits per heavy atom. The van der Waals surface area contributed by atoms with E-state index < -0.39 is 41.1 Å². The van der Waals surface area contributed by atoms with Crippen LogP contribution < -0.4 is 0 Å². The van der Waals surface area contributed by atoms with Crippen LogP contribution in [0.2, 0.25) is 0 Å². The lowest BCUT2D eigenvalue weighted by molar-refractivity contribution is -0.166. The van der Waals surface area contributed by atoms with Gasteiger partial charge in [-0.25, -0.2) is 0 Å². The highest BCUT2D eigenvalue weighted by atomic mass is 16.5. The molecular weight excluding hydrogens is 308 g/mol. The summed E-state index contributed by atoms with van der Waals surface area (Å²) in [6, 6.07) is 0. The molecule has 0 aromatic heterocycles. The second kappa shape index (κ2) is 10.6. The molecule has 0 rings (SSSR count). The van der Waals surface area contributed by atoms with Crippen molar-refractivity contribution in [3.05, 3.63) is 0 Å². The van der Waals surface area contributed by atoms with Crippen molar-refractivity contribution in [2.24, 2.45) is 17.3 Å². The third-order valence-corrected chi connectivity index (χ3v) is 3.29. The molecule has 2 unspecified atom stereocenters. The van der Waals surface area contributed by atoms with Crippen molar-refractivity contribution in [3.63, 3.8) is 0 Å². The quantitative estimate of drug-likeness (QED) is 0.416. The number of rotatable bonds is 5. The van der Waals surface area contributed by atoms with Gasteiger partial charge < -0.3 is 18.9 Å². The van der Waals surface area contributed by atoms with Crippen molar-refractivity contribution in [2.45, 2.75) is 27.7 Å². The van der Waals surface area contributed by atoms with Crippen LogP contribution in [0.5, 0.6) is 0 Å². The first kappa shape index (κ1) is 23.2. The summed E-state index contributed by atoms with van der Waals surface area (Å²) in [5.74, 6) is -2.89. The second-order valence-corrected chi connectivity index (χ2v) is 5.23. The highest BCUT2D eigenvalue weighted by molar-refractivity contribution is 5.98. The Bertz CT molecular complexity index is 389. The maximum absolute atomic E-state index is 10.9. The smallest absolute Gasteiger partial charge is 0.322 e. The summed E-state index contributed by atoms with van der Waals surface area (Å²) in [4.78, 5) is 43.7. The van der Waals surface area contributed by atoms with Crippen molar-refractivity contribution in [1.29, 1.82) is 0 Å². The van der Waals surface area contributed by atoms with Crippen LogP contribution in [0.4, 0.5) is 0 Å². The molecule has 2 atom stereocenters. The molecule has 0 heterocycles. The highest BCUT2D eigenvalue weighted by Crippen LogP contribution is 2.18. The van der Waals surface area contributed by atoms with Gasteiger partial charge in [0.05, 0.1) is 40.3 Å². The minimum absolute atomic E-state index is 0.395. The molecule has 0 spiro atoms. The Morgan fingerprint density at radius 2 is 0.913 bits per heavy atom. The van der Waals surface area contributed by atoms with E-state index >= 15 is 0 Å². The van der Waals surface area contributed by atoms with Gasteiger partial charge in [-0.15, -0.1) is 0 Å². The number of ether oxygens (including phenoxy) is 4. The van der Waals surface area contributed by atoms with E-state index in [-0.39, 0.29) is 0 Å². The summed E-state index contributed by atoms with van der Waals surface area (Å²) in [7, 11) is 5.05. The molecule has 0 fully saturated rings. The molecule has 0 aromatic rings. The number of carbonyl (C=O) groups excluding carboxylic acids is 4. The summed E-state index contributed by atoms with van der Waals surface area (Å²) in [6.45, 7) is 6.16. The van der Waals surface area contributed by atoms with Crippen LogP contribution in [0.25, 0.3) is 0 Å². The molecular formula is C15H26O8. The maximum Gasteiger partial charge on any atom is 0.322 e. The molecule has 0 amide bonds. The van der Waals surface area contributed by atoms with Crippen molar-refractivity contribution < 1.29 is 38.1 Å². The molecule has 0 aliphatic heterocycles. The lowest BCUT2D eigenvalue weighted by Gasteiger charge is -2.17. The standard InChI is InChI=1S/C8H14O4.C7H12O4/c1-5(7(9)11-3)6(2)8(10)12-4;1-7(2,5(8)10-3)6(9)11-4/h5-6H,1-4H3;1-4H3. The summed E-state index contributed by atoms with van der Waals surface area (Å²) in [5, 5.41) is 0. The van der Waals surface area contributed by atoms with Gasteiger partial charge >= 0.3 is 23.9 Å². The van der Waals surface area contributed by atoms with Crippen LogP contribution in [0.15, 0.2) is 0 Å². The summed E-state index contributed by atoms with van der Waals surface area (Å²) in [5.41, 5.74) is -1.20. The Balaban J connectivity index is 0. The third-order valence-electron chi connectivity index (χ3n) is 3.29. The van der Waals surface area contributed by atoms with Gasteiger partial charge in [0.25, 0.3) is 0 Å². The van der Waals surface area contributed by atoms with Gasteiger partial charge in [0.15, 0.2) is 5.41 Å². The Labute approximate surface area is 136 Å². The molecule has 0 radical (unpaired) electrons. The normalized spacial score (nSPS) is 12.7. The van der Waals surface area contributed by atoms with E-state index in [0.717, 1.165) is 0 Å². The van der Waals surface area contributed by atoms with Gasteiger partial charge in [-0.05, 0) is 13.8 Å². The zero-order valence-electron chi connectivity index (χ0n) is 14.9. The van der Waals surface area contributed by atoms with Crippen molar-refractivity contribution in [3.8, 4) is 0 Å². The fraction of sp³-hybridized carbons (Fsp3) is 0.733. The number of methoxy groups -OCH3 is 4. The first-order valence-corrected chi connectivity index (χ1v) is 6.83. The molecule has 0 bridgehead atoms. The molecule has 0 aliphatic rings. The van der Waals surface area contributed by atoms with E-state index in [1.54, 1.807) is 13.8 Å². The van der Waals surface area contributed by atoms with Crippen LogP contribution in [-0.4, -0.2) is 52.3 Å². The van der Waals surface area contributed by atoms with Crippen LogP contribution in [0.3, 0.4) is 0 Å². The van der Waals surface area contributed by atoms with E-state index in [0.29, 0.717) is 0 Å². The van der Waals surface area contributed by atoms with E-state index in [4.69, 9.17) is 0 Å². The van der Waals surface area contributed by atoms with Gasteiger partial charge in [-0.1, -0.05) is 13.8 Å². The van der Waals surface area contributed by atoms with Crippen molar-refractivity contribution in [2.75, 3.05) is 28.4 Å². The van der Waals surface area contributed by atoms with Gasteiger partial charge in [0.1, 0.15) is 0 Å². The molecule has 23 heavy (non-hydrogen) atoms. The van der Waals surface area contributed by atoms with Crippen LogP contribution >= 0.6 is 0 Å². The van der Waals surface area contributed by atoms with Gasteiger partial charge in [0.2, 0.25) is 0 Å². The molecule has 8 heteroatoms. The summed E-state index contributed by atoms with van der Waals surface area (Å²) in [6.07, 6.45) is 0. The largest absolute Gasteiger partial charge is 0.469 e. The van der Waals surface area contributed by atoms with Gasteiger partial charge in [-0.3, -0.25) is 19.2 Å². The average Bonchev–Trinajstić information content (AvgIpc) is 2.57. The van der Waals surface area contributed by atoms with Crippen LogP contribution in [0, 0.1) is 17.3 Å². The lowest BCUT2D eigenvalue weighted by atomic mass is 9.94. The highest BCUT2D eigenvalue weighted by Gasteiger charge is 2.38. The number of esters is 4. The van der Waals surface area contributed by atoms with Gasteiger partial charge in [0, 0.05) is 0 Å². The molecule has 0 aromatic carbocycles. The Kier molecular flexibility index (Phi) is 10.6. The minimum Gasteiger partial charge on any atom is -0.469 e. The van der Waals surface area contributed by atoms with Crippen molar-refractivity contribution in [1.82, 2.24) is 0 Å². The van der Waals surface area contributed by atoms with Crippen molar-refractivity contribution >= 4 is 23.9 Å². The van der Waals surface area contributed by atoms with Crippen LogP contribution in [0.1, 0.15) is 27.7 Å². The van der Waals surface area contributed by atoms with E-state index in [1.807, 2.05) is 0 Å². The zero-order valence-corrected chi connectivity index (χ0v) is 14.9. The molecule has 0 saturated carbocycles. The zero-order chi connectivity index (χ0) is 18.8. The van der Waals surface area contributed by atoms with Crippen LogP contribution in [-0.2, 0) is 38.1 Å². The monoisotopic (exact) mass is 334 g/mol. The first-order chi connectivity index (χ1) is 10.5. The molecule has 134 valence electrons. The summed E-state index contributed by atoms with van der Waals surface area (Å²) >= 11 is 0. The maximum atomic E-state index is 10.9. The second-order valence-electron chi connectivity index (χ2n) is 5.23. The predicted octanol–water partition coefficient (Wildman–Crippen LogP) is 0.963. The number of hydrogen-bond acceptors (Lipinski definition) is 8. The predicted molar refractivity (Wildman–Crippen MR) is 80.2 cm³/mol. The lowest BCUT2D eigenvalue weighted by Crippen LogP contribution is -2.35. The van der Waals surface area contributed by atoms with E-state index in [1.165, 1.54) is 42.3 Å². The Morgan fingerprint density at radius 1 is 0.652 bits per heavy atom. The number of hydrogen-bond donors (Lipinski definition) is 0. The van der Waals surface area contributed by atoms with E-state index in [2.05, 4.69) is 18.9 Å². The van der Waals surface area contributed by atoms with E-state index in [9.17, 15) is 19.2 Å². The number of carbonyl (C=O) groups is 4. The molecule has 0 N–H and O–H groups in total. The minimum atomic E-state index is -1.20. The molecule has 0 saturated heterocycles. The fourth-order valence-electron chi connectivity index (χ4n) is 1.37. The van der Waals surface area contributed by atoms with Gasteiger partial charge in [-0.2, -0.15) is 0 Å². The molecule has 8 nitrogen and oxygen atoms in total. The SMILES string of the molecule is COC(=O)C(C)(C)C(=O)OC.COC(=O)C(C)C(C)C(=O)OC. The fourth-order valence-corrected chi connectivity index (χ4v) is 1.37. The average molecular weight is 334 g/mol. The first-order valence-electron chi connectivity index (χ1n) is 6.83. The Hall–Kier alpha value is -2.12. The topological polar surface area (TPSA) is 105 Å².